The molecule has 112 valence electrons. The Morgan fingerprint density at radius 1 is 1.45 bits per heavy atom. The van der Waals surface area contributed by atoms with E-state index >= 15 is 0 Å². The van der Waals surface area contributed by atoms with Gasteiger partial charge in [-0.25, -0.2) is 13.6 Å². The topological polar surface area (TPSA) is 119 Å². The van der Waals surface area contributed by atoms with Crippen molar-refractivity contribution in [3.8, 4) is 0 Å². The fourth-order valence-corrected chi connectivity index (χ4v) is 2.38. The van der Waals surface area contributed by atoms with Gasteiger partial charge in [-0.3, -0.25) is 4.79 Å². The molecule has 0 bridgehead atoms. The third-order valence-corrected chi connectivity index (χ3v) is 3.93. The van der Waals surface area contributed by atoms with Gasteiger partial charge in [-0.15, -0.1) is 0 Å². The zero-order valence-electron chi connectivity index (χ0n) is 11.8. The van der Waals surface area contributed by atoms with E-state index in [1.807, 2.05) is 6.92 Å². The van der Waals surface area contributed by atoms with Gasteiger partial charge in [0.25, 0.3) is 0 Å². The van der Waals surface area contributed by atoms with Gasteiger partial charge >= 0.3 is 0 Å². The zero-order valence-corrected chi connectivity index (χ0v) is 12.6. The van der Waals surface area contributed by atoms with Crippen molar-refractivity contribution < 1.29 is 13.2 Å². The first-order valence-electron chi connectivity index (χ1n) is 6.11. The molecule has 0 fully saturated rings. The summed E-state index contributed by atoms with van der Waals surface area (Å²) in [6, 6.07) is 3.90. The van der Waals surface area contributed by atoms with Crippen LogP contribution in [0.3, 0.4) is 0 Å². The van der Waals surface area contributed by atoms with E-state index in [1.54, 1.807) is 24.9 Å². The van der Waals surface area contributed by atoms with E-state index < -0.39 is 16.1 Å². The van der Waals surface area contributed by atoms with Gasteiger partial charge in [0.05, 0.1) is 11.4 Å². The number of carbonyl (C=O) groups is 1. The normalized spacial score (nSPS) is 12.8. The Balaban J connectivity index is 3.03. The zero-order chi connectivity index (χ0) is 15.5. The number of benzene rings is 1. The molecule has 1 amide bonds. The van der Waals surface area contributed by atoms with Crippen LogP contribution in [-0.2, 0) is 14.8 Å². The Bertz CT molecular complexity index is 601. The Morgan fingerprint density at radius 3 is 2.55 bits per heavy atom. The number of nitrogens with zero attached hydrogens (tertiary/aromatic N) is 1. The second-order valence-electron chi connectivity index (χ2n) is 4.48. The minimum absolute atomic E-state index is 0.00815. The number of para-hydroxylation sites is 1. The molecular weight excluding hydrogens is 280 g/mol. The number of nitrogen functional groups attached to an aromatic ring is 1. The first-order valence-corrected chi connectivity index (χ1v) is 7.66. The molecule has 5 N–H and O–H groups in total. The van der Waals surface area contributed by atoms with Crippen molar-refractivity contribution in [2.75, 3.05) is 24.6 Å². The lowest BCUT2D eigenvalue weighted by atomic mass is 10.2. The molecule has 20 heavy (non-hydrogen) atoms. The highest BCUT2D eigenvalue weighted by atomic mass is 32.2. The van der Waals surface area contributed by atoms with Gasteiger partial charge in [0.2, 0.25) is 15.9 Å². The number of hydrogen-bond donors (Lipinski definition) is 3. The van der Waals surface area contributed by atoms with E-state index in [-0.39, 0.29) is 16.5 Å². The van der Waals surface area contributed by atoms with Crippen LogP contribution in [0.4, 0.5) is 11.4 Å². The van der Waals surface area contributed by atoms with Gasteiger partial charge in [-0.1, -0.05) is 6.07 Å². The number of amides is 1. The molecule has 8 heteroatoms. The van der Waals surface area contributed by atoms with Crippen LogP contribution >= 0.6 is 0 Å². The van der Waals surface area contributed by atoms with Gasteiger partial charge in [0.15, 0.2) is 0 Å². The predicted molar refractivity (Wildman–Crippen MR) is 78.6 cm³/mol. The van der Waals surface area contributed by atoms with Crippen LogP contribution in [0.1, 0.15) is 13.8 Å². The van der Waals surface area contributed by atoms with Gasteiger partial charge < -0.3 is 16.0 Å². The molecule has 0 aliphatic rings. The number of carbonyl (C=O) groups excluding carboxylic acids is 1. The number of rotatable bonds is 5. The number of sulfonamides is 1. The SMILES string of the molecule is CCN(C)C(=O)C(C)Nc1cccc(S(N)(=O)=O)c1N. The molecule has 0 aliphatic carbocycles. The quantitative estimate of drug-likeness (QED) is 0.671. The lowest BCUT2D eigenvalue weighted by molar-refractivity contribution is -0.130. The number of likely N-dealkylation sites (N-methyl/N-ethyl adjacent to an activating group) is 1. The van der Waals surface area contributed by atoms with E-state index in [1.165, 1.54) is 12.1 Å². The molecule has 1 atom stereocenters. The Labute approximate surface area is 119 Å². The Hall–Kier alpha value is -1.80. The minimum atomic E-state index is -3.89. The average Bonchev–Trinajstić information content (AvgIpc) is 2.37. The standard InChI is InChI=1S/C12H20N4O3S/c1-4-16(3)12(17)8(2)15-9-6-5-7-10(11(9)13)20(14,18)19/h5-8,15H,4,13H2,1-3H3,(H2,14,18,19). The van der Waals surface area contributed by atoms with Gasteiger partial charge in [0, 0.05) is 13.6 Å². The summed E-state index contributed by atoms with van der Waals surface area (Å²) in [5.41, 5.74) is 6.15. The van der Waals surface area contributed by atoms with Crippen LogP contribution in [-0.4, -0.2) is 38.9 Å². The van der Waals surface area contributed by atoms with Crippen LogP contribution in [0.2, 0.25) is 0 Å². The minimum Gasteiger partial charge on any atom is -0.396 e. The number of anilines is 2. The third-order valence-electron chi connectivity index (χ3n) is 2.97. The van der Waals surface area contributed by atoms with Gasteiger partial charge in [0.1, 0.15) is 10.9 Å². The first-order chi connectivity index (χ1) is 9.18. The van der Waals surface area contributed by atoms with Crippen molar-refractivity contribution in [2.24, 2.45) is 5.14 Å². The number of nitrogens with two attached hydrogens (primary N) is 2. The summed E-state index contributed by atoms with van der Waals surface area (Å²) in [5, 5.41) is 7.98. The molecule has 1 aromatic carbocycles. The summed E-state index contributed by atoms with van der Waals surface area (Å²) in [5.74, 6) is -0.118. The summed E-state index contributed by atoms with van der Waals surface area (Å²) >= 11 is 0. The van der Waals surface area contributed by atoms with Gasteiger partial charge in [-0.05, 0) is 26.0 Å². The highest BCUT2D eigenvalue weighted by Gasteiger charge is 2.19. The number of nitrogens with one attached hydrogen (secondary N) is 1. The predicted octanol–water partition coefficient (Wildman–Crippen LogP) is 0.195. The maximum absolute atomic E-state index is 12.0. The summed E-state index contributed by atoms with van der Waals surface area (Å²) in [6.07, 6.45) is 0. The van der Waals surface area contributed by atoms with Crippen molar-refractivity contribution in [1.82, 2.24) is 4.90 Å². The van der Waals surface area contributed by atoms with Crippen LogP contribution in [0.5, 0.6) is 0 Å². The summed E-state index contributed by atoms with van der Waals surface area (Å²) in [6.45, 7) is 4.12. The molecule has 0 aliphatic heterocycles. The molecule has 1 rings (SSSR count). The highest BCUT2D eigenvalue weighted by Crippen LogP contribution is 2.26. The number of primary sulfonamides is 1. The summed E-state index contributed by atoms with van der Waals surface area (Å²) < 4.78 is 22.7. The average molecular weight is 300 g/mol. The van der Waals surface area contributed by atoms with Crippen molar-refractivity contribution in [1.29, 1.82) is 0 Å². The van der Waals surface area contributed by atoms with E-state index in [9.17, 15) is 13.2 Å². The van der Waals surface area contributed by atoms with Crippen LogP contribution in [0, 0.1) is 0 Å². The van der Waals surface area contributed by atoms with Gasteiger partial charge in [-0.2, -0.15) is 0 Å². The molecule has 1 unspecified atom stereocenters. The van der Waals surface area contributed by atoms with E-state index in [4.69, 9.17) is 10.9 Å². The molecule has 1 aromatic rings. The second kappa shape index (κ2) is 6.10. The third kappa shape index (κ3) is 3.61. The summed E-state index contributed by atoms with van der Waals surface area (Å²) in [4.78, 5) is 13.3. The molecule has 0 saturated carbocycles. The maximum atomic E-state index is 12.0. The summed E-state index contributed by atoms with van der Waals surface area (Å²) in [7, 11) is -2.21. The molecule has 7 nitrogen and oxygen atoms in total. The van der Waals surface area contributed by atoms with Crippen LogP contribution < -0.4 is 16.2 Å². The highest BCUT2D eigenvalue weighted by molar-refractivity contribution is 7.89. The van der Waals surface area contributed by atoms with Crippen LogP contribution in [0.15, 0.2) is 23.1 Å². The van der Waals surface area contributed by atoms with Crippen molar-refractivity contribution in [3.63, 3.8) is 0 Å². The fraction of sp³-hybridized carbons (Fsp3) is 0.417. The molecule has 0 radical (unpaired) electrons. The molecule has 0 aromatic heterocycles. The monoisotopic (exact) mass is 300 g/mol. The van der Waals surface area contributed by atoms with E-state index in [0.717, 1.165) is 0 Å². The molecule has 0 heterocycles. The first kappa shape index (κ1) is 16.3. The van der Waals surface area contributed by atoms with E-state index in [0.29, 0.717) is 12.2 Å². The second-order valence-corrected chi connectivity index (χ2v) is 6.01. The van der Waals surface area contributed by atoms with Crippen molar-refractivity contribution >= 4 is 27.3 Å². The smallest absolute Gasteiger partial charge is 0.244 e. The van der Waals surface area contributed by atoms with Crippen LogP contribution in [0.25, 0.3) is 0 Å². The van der Waals surface area contributed by atoms with Crippen molar-refractivity contribution in [3.05, 3.63) is 18.2 Å². The Kier molecular flexibility index (Phi) is 4.96. The Morgan fingerprint density at radius 2 is 2.05 bits per heavy atom. The lowest BCUT2D eigenvalue weighted by Gasteiger charge is -2.22. The van der Waals surface area contributed by atoms with E-state index in [2.05, 4.69) is 5.32 Å². The van der Waals surface area contributed by atoms with Crippen molar-refractivity contribution in [2.45, 2.75) is 24.8 Å². The lowest BCUT2D eigenvalue weighted by Crippen LogP contribution is -2.39. The molecular formula is C12H20N4O3S. The molecule has 0 spiro atoms. The molecule has 0 saturated heterocycles. The fourth-order valence-electron chi connectivity index (χ4n) is 1.70. The number of hydrogen-bond acceptors (Lipinski definition) is 5. The maximum Gasteiger partial charge on any atom is 0.244 e. The largest absolute Gasteiger partial charge is 0.396 e.